The SMILES string of the molecule is CCCOc1ccc(C=CC(=O)c2ccc(NC)cc2)c(OCCC)c1. The van der Waals surface area contributed by atoms with Crippen molar-refractivity contribution < 1.29 is 14.3 Å². The number of ketones is 1. The van der Waals surface area contributed by atoms with Gasteiger partial charge in [0.2, 0.25) is 0 Å². The second-order valence-corrected chi connectivity index (χ2v) is 5.92. The van der Waals surface area contributed by atoms with E-state index in [0.29, 0.717) is 18.8 Å². The van der Waals surface area contributed by atoms with Crippen molar-refractivity contribution in [2.75, 3.05) is 25.6 Å². The molecule has 4 nitrogen and oxygen atoms in total. The monoisotopic (exact) mass is 353 g/mol. The van der Waals surface area contributed by atoms with Crippen molar-refractivity contribution in [1.29, 1.82) is 0 Å². The number of carbonyl (C=O) groups is 1. The second kappa shape index (κ2) is 10.3. The number of ether oxygens (including phenoxy) is 2. The van der Waals surface area contributed by atoms with Crippen LogP contribution in [-0.4, -0.2) is 26.0 Å². The van der Waals surface area contributed by atoms with Gasteiger partial charge in [-0.1, -0.05) is 13.8 Å². The van der Waals surface area contributed by atoms with Gasteiger partial charge in [0.05, 0.1) is 13.2 Å². The quantitative estimate of drug-likeness (QED) is 0.471. The van der Waals surface area contributed by atoms with Gasteiger partial charge in [-0.05, 0) is 61.4 Å². The molecule has 4 heteroatoms. The summed E-state index contributed by atoms with van der Waals surface area (Å²) >= 11 is 0. The molecule has 2 aromatic carbocycles. The molecular formula is C22H27NO3. The number of rotatable bonds is 10. The van der Waals surface area contributed by atoms with Crippen LogP contribution in [-0.2, 0) is 0 Å². The Labute approximate surface area is 155 Å². The predicted octanol–water partition coefficient (Wildman–Crippen LogP) is 5.20. The van der Waals surface area contributed by atoms with E-state index in [2.05, 4.69) is 19.2 Å². The normalized spacial score (nSPS) is 10.7. The van der Waals surface area contributed by atoms with Crippen molar-refractivity contribution in [3.8, 4) is 11.5 Å². The van der Waals surface area contributed by atoms with E-state index in [-0.39, 0.29) is 5.78 Å². The summed E-state index contributed by atoms with van der Waals surface area (Å²) in [6.45, 7) is 5.42. The van der Waals surface area contributed by atoms with Crippen LogP contribution in [0.3, 0.4) is 0 Å². The average molecular weight is 353 g/mol. The maximum absolute atomic E-state index is 12.4. The highest BCUT2D eigenvalue weighted by Gasteiger charge is 2.06. The lowest BCUT2D eigenvalue weighted by Gasteiger charge is -2.11. The lowest BCUT2D eigenvalue weighted by Crippen LogP contribution is -2.00. The van der Waals surface area contributed by atoms with Crippen LogP contribution in [0.25, 0.3) is 6.08 Å². The summed E-state index contributed by atoms with van der Waals surface area (Å²) in [7, 11) is 1.85. The third-order valence-electron chi connectivity index (χ3n) is 3.79. The first-order valence-corrected chi connectivity index (χ1v) is 9.07. The van der Waals surface area contributed by atoms with E-state index in [1.807, 2.05) is 49.5 Å². The lowest BCUT2D eigenvalue weighted by molar-refractivity contribution is 0.104. The molecule has 0 bridgehead atoms. The molecule has 0 unspecified atom stereocenters. The molecule has 0 saturated heterocycles. The van der Waals surface area contributed by atoms with Gasteiger partial charge in [-0.25, -0.2) is 0 Å². The summed E-state index contributed by atoms with van der Waals surface area (Å²) in [4.78, 5) is 12.4. The first kappa shape index (κ1) is 19.6. The van der Waals surface area contributed by atoms with E-state index in [1.165, 1.54) is 0 Å². The Morgan fingerprint density at radius 3 is 2.35 bits per heavy atom. The van der Waals surface area contributed by atoms with Crippen LogP contribution in [0.1, 0.15) is 42.6 Å². The molecule has 0 aliphatic rings. The summed E-state index contributed by atoms with van der Waals surface area (Å²) < 4.78 is 11.5. The number of hydrogen-bond acceptors (Lipinski definition) is 4. The van der Waals surface area contributed by atoms with Gasteiger partial charge in [0.1, 0.15) is 11.5 Å². The minimum absolute atomic E-state index is 0.0413. The van der Waals surface area contributed by atoms with Gasteiger partial charge in [-0.15, -0.1) is 0 Å². The number of benzene rings is 2. The summed E-state index contributed by atoms with van der Waals surface area (Å²) in [6, 6.07) is 13.1. The Morgan fingerprint density at radius 2 is 1.69 bits per heavy atom. The Hall–Kier alpha value is -2.75. The van der Waals surface area contributed by atoms with Gasteiger partial charge in [-0.2, -0.15) is 0 Å². The summed E-state index contributed by atoms with van der Waals surface area (Å²) in [6.07, 6.45) is 5.24. The molecule has 0 amide bonds. The first-order valence-electron chi connectivity index (χ1n) is 9.07. The average Bonchev–Trinajstić information content (AvgIpc) is 2.69. The number of allylic oxidation sites excluding steroid dienone is 1. The Balaban J connectivity index is 2.16. The molecule has 0 aromatic heterocycles. The molecule has 0 heterocycles. The molecule has 1 N–H and O–H groups in total. The third-order valence-corrected chi connectivity index (χ3v) is 3.79. The van der Waals surface area contributed by atoms with Crippen LogP contribution < -0.4 is 14.8 Å². The fourth-order valence-corrected chi connectivity index (χ4v) is 2.36. The zero-order valence-electron chi connectivity index (χ0n) is 15.7. The number of carbonyl (C=O) groups excluding carboxylic acids is 1. The molecule has 138 valence electrons. The molecule has 0 atom stereocenters. The van der Waals surface area contributed by atoms with Crippen molar-refractivity contribution in [1.82, 2.24) is 0 Å². The fourth-order valence-electron chi connectivity index (χ4n) is 2.36. The Bertz CT molecular complexity index is 736. The van der Waals surface area contributed by atoms with E-state index in [1.54, 1.807) is 12.2 Å². The van der Waals surface area contributed by atoms with Crippen LogP contribution in [0.2, 0.25) is 0 Å². The predicted molar refractivity (Wildman–Crippen MR) is 107 cm³/mol. The number of nitrogens with one attached hydrogen (secondary N) is 1. The fraction of sp³-hybridized carbons (Fsp3) is 0.318. The summed E-state index contributed by atoms with van der Waals surface area (Å²) in [5.74, 6) is 1.47. The van der Waals surface area contributed by atoms with E-state index in [4.69, 9.17) is 9.47 Å². The van der Waals surface area contributed by atoms with Crippen LogP contribution in [0.4, 0.5) is 5.69 Å². The van der Waals surface area contributed by atoms with Gasteiger partial charge >= 0.3 is 0 Å². The van der Waals surface area contributed by atoms with Gasteiger partial charge in [0, 0.05) is 29.9 Å². The van der Waals surface area contributed by atoms with Crippen molar-refractivity contribution >= 4 is 17.5 Å². The molecule has 2 rings (SSSR count). The third kappa shape index (κ3) is 5.66. The van der Waals surface area contributed by atoms with E-state index >= 15 is 0 Å². The van der Waals surface area contributed by atoms with Crippen molar-refractivity contribution in [3.05, 3.63) is 59.7 Å². The molecule has 0 fully saturated rings. The smallest absolute Gasteiger partial charge is 0.185 e. The highest BCUT2D eigenvalue weighted by atomic mass is 16.5. The summed E-state index contributed by atoms with van der Waals surface area (Å²) in [5.41, 5.74) is 2.49. The van der Waals surface area contributed by atoms with Crippen molar-refractivity contribution in [2.24, 2.45) is 0 Å². The second-order valence-electron chi connectivity index (χ2n) is 5.92. The maximum Gasteiger partial charge on any atom is 0.185 e. The zero-order chi connectivity index (χ0) is 18.8. The molecule has 0 saturated carbocycles. The Morgan fingerprint density at radius 1 is 1.00 bits per heavy atom. The van der Waals surface area contributed by atoms with Crippen LogP contribution in [0.5, 0.6) is 11.5 Å². The Kier molecular flexibility index (Phi) is 7.75. The maximum atomic E-state index is 12.4. The first-order chi connectivity index (χ1) is 12.7. The van der Waals surface area contributed by atoms with Gasteiger partial charge in [-0.3, -0.25) is 4.79 Å². The number of hydrogen-bond donors (Lipinski definition) is 1. The van der Waals surface area contributed by atoms with Crippen molar-refractivity contribution in [3.63, 3.8) is 0 Å². The van der Waals surface area contributed by atoms with Crippen LogP contribution in [0.15, 0.2) is 48.5 Å². The van der Waals surface area contributed by atoms with E-state index in [0.717, 1.165) is 35.6 Å². The van der Waals surface area contributed by atoms with E-state index in [9.17, 15) is 4.79 Å². The molecule has 26 heavy (non-hydrogen) atoms. The minimum Gasteiger partial charge on any atom is -0.493 e. The largest absolute Gasteiger partial charge is 0.493 e. The highest BCUT2D eigenvalue weighted by molar-refractivity contribution is 6.07. The van der Waals surface area contributed by atoms with Crippen molar-refractivity contribution in [2.45, 2.75) is 26.7 Å². The number of anilines is 1. The van der Waals surface area contributed by atoms with Gasteiger partial charge in [0.25, 0.3) is 0 Å². The van der Waals surface area contributed by atoms with Crippen LogP contribution >= 0.6 is 0 Å². The van der Waals surface area contributed by atoms with Crippen LogP contribution in [0, 0.1) is 0 Å². The molecule has 0 radical (unpaired) electrons. The molecule has 0 spiro atoms. The molecule has 0 aliphatic heterocycles. The molecule has 0 aliphatic carbocycles. The molecule has 2 aromatic rings. The van der Waals surface area contributed by atoms with Gasteiger partial charge < -0.3 is 14.8 Å². The lowest BCUT2D eigenvalue weighted by atomic mass is 10.1. The topological polar surface area (TPSA) is 47.6 Å². The summed E-state index contributed by atoms with van der Waals surface area (Å²) in [5, 5.41) is 3.04. The highest BCUT2D eigenvalue weighted by Crippen LogP contribution is 2.27. The standard InChI is InChI=1S/C22H27NO3/c1-4-14-25-20-12-8-18(22(16-20)26-15-5-2)9-13-21(24)17-6-10-19(23-3)11-7-17/h6-13,16,23H,4-5,14-15H2,1-3H3. The van der Waals surface area contributed by atoms with E-state index < -0.39 is 0 Å². The van der Waals surface area contributed by atoms with Gasteiger partial charge in [0.15, 0.2) is 5.78 Å². The minimum atomic E-state index is -0.0413. The molecular weight excluding hydrogens is 326 g/mol. The zero-order valence-corrected chi connectivity index (χ0v) is 15.7.